The van der Waals surface area contributed by atoms with Gasteiger partial charge in [0.2, 0.25) is 0 Å². The van der Waals surface area contributed by atoms with Gasteiger partial charge in [0.05, 0.1) is 6.54 Å². The standard InChI is InChI=1S/C18H27FN6O.HI/c1-3-16(26-17-8-6-7-15(19)11-17)12-22-18(20-2)21-9-4-5-10-25-13-23-24-14-25;/h6-8,11,13-14,16H,3-5,9-10,12H2,1-2H3,(H2,20,21,22);1H. The van der Waals surface area contributed by atoms with Gasteiger partial charge in [-0.15, -0.1) is 34.2 Å². The van der Waals surface area contributed by atoms with Crippen molar-refractivity contribution in [1.82, 2.24) is 25.4 Å². The van der Waals surface area contributed by atoms with Gasteiger partial charge in [-0.1, -0.05) is 13.0 Å². The molecule has 0 aliphatic carbocycles. The number of nitrogens with zero attached hydrogens (tertiary/aromatic N) is 4. The van der Waals surface area contributed by atoms with Gasteiger partial charge in [-0.05, 0) is 31.4 Å². The molecule has 2 aromatic rings. The zero-order valence-electron chi connectivity index (χ0n) is 15.8. The fraction of sp³-hybridized carbons (Fsp3) is 0.500. The molecule has 1 unspecified atom stereocenters. The number of guanidine groups is 1. The van der Waals surface area contributed by atoms with Crippen LogP contribution in [-0.4, -0.2) is 47.0 Å². The van der Waals surface area contributed by atoms with Gasteiger partial charge in [-0.3, -0.25) is 4.99 Å². The number of benzene rings is 1. The van der Waals surface area contributed by atoms with Crippen molar-refractivity contribution >= 4 is 29.9 Å². The summed E-state index contributed by atoms with van der Waals surface area (Å²) in [6.07, 6.45) is 6.22. The maximum Gasteiger partial charge on any atom is 0.191 e. The van der Waals surface area contributed by atoms with E-state index in [2.05, 4.69) is 25.8 Å². The van der Waals surface area contributed by atoms with Gasteiger partial charge in [-0.25, -0.2) is 4.39 Å². The first kappa shape index (κ1) is 23.1. The predicted molar refractivity (Wildman–Crippen MR) is 115 cm³/mol. The Morgan fingerprint density at radius 1 is 1.26 bits per heavy atom. The lowest BCUT2D eigenvalue weighted by atomic mass is 10.2. The van der Waals surface area contributed by atoms with Crippen molar-refractivity contribution in [2.75, 3.05) is 20.1 Å². The van der Waals surface area contributed by atoms with Crippen molar-refractivity contribution in [1.29, 1.82) is 0 Å². The molecule has 2 rings (SSSR count). The monoisotopic (exact) mass is 490 g/mol. The third-order valence-electron chi connectivity index (χ3n) is 3.88. The molecule has 27 heavy (non-hydrogen) atoms. The molecule has 150 valence electrons. The largest absolute Gasteiger partial charge is 0.489 e. The summed E-state index contributed by atoms with van der Waals surface area (Å²) in [5.41, 5.74) is 0. The lowest BCUT2D eigenvalue weighted by Crippen LogP contribution is -2.42. The molecule has 0 fully saturated rings. The minimum absolute atomic E-state index is 0. The fourth-order valence-corrected chi connectivity index (χ4v) is 2.40. The van der Waals surface area contributed by atoms with Crippen molar-refractivity contribution in [2.24, 2.45) is 4.99 Å². The van der Waals surface area contributed by atoms with E-state index in [0.29, 0.717) is 12.3 Å². The van der Waals surface area contributed by atoms with Crippen LogP contribution in [-0.2, 0) is 6.54 Å². The van der Waals surface area contributed by atoms with E-state index in [1.54, 1.807) is 31.8 Å². The maximum atomic E-state index is 13.2. The fourth-order valence-electron chi connectivity index (χ4n) is 2.40. The number of nitrogens with one attached hydrogen (secondary N) is 2. The van der Waals surface area contributed by atoms with Crippen molar-refractivity contribution in [3.05, 3.63) is 42.7 Å². The summed E-state index contributed by atoms with van der Waals surface area (Å²) < 4.78 is 21.0. The molecule has 2 N–H and O–H groups in total. The molecule has 0 radical (unpaired) electrons. The first-order valence-corrected chi connectivity index (χ1v) is 8.90. The highest BCUT2D eigenvalue weighted by Gasteiger charge is 2.09. The summed E-state index contributed by atoms with van der Waals surface area (Å²) in [6.45, 7) is 4.35. The molecule has 0 saturated heterocycles. The average molecular weight is 490 g/mol. The van der Waals surface area contributed by atoms with Gasteiger partial charge in [0, 0.05) is 26.2 Å². The van der Waals surface area contributed by atoms with E-state index in [1.807, 2.05) is 11.5 Å². The van der Waals surface area contributed by atoms with E-state index >= 15 is 0 Å². The maximum absolute atomic E-state index is 13.2. The minimum Gasteiger partial charge on any atom is -0.489 e. The van der Waals surface area contributed by atoms with Crippen molar-refractivity contribution < 1.29 is 9.13 Å². The Labute approximate surface area is 176 Å². The first-order chi connectivity index (χ1) is 12.7. The summed E-state index contributed by atoms with van der Waals surface area (Å²) in [7, 11) is 1.74. The molecule has 0 saturated carbocycles. The quantitative estimate of drug-likeness (QED) is 0.232. The van der Waals surface area contributed by atoms with Crippen LogP contribution in [0.15, 0.2) is 41.9 Å². The molecule has 1 heterocycles. The highest BCUT2D eigenvalue weighted by molar-refractivity contribution is 14.0. The Hall–Kier alpha value is -1.91. The zero-order chi connectivity index (χ0) is 18.6. The predicted octanol–water partition coefficient (Wildman–Crippen LogP) is 2.84. The van der Waals surface area contributed by atoms with Gasteiger partial charge < -0.3 is 19.9 Å². The summed E-state index contributed by atoms with van der Waals surface area (Å²) >= 11 is 0. The number of hydrogen-bond acceptors (Lipinski definition) is 4. The van der Waals surface area contributed by atoms with Crippen LogP contribution in [0.1, 0.15) is 26.2 Å². The Morgan fingerprint density at radius 3 is 2.70 bits per heavy atom. The summed E-state index contributed by atoms with van der Waals surface area (Å²) in [5.74, 6) is 0.973. The van der Waals surface area contributed by atoms with Gasteiger partial charge in [-0.2, -0.15) is 0 Å². The van der Waals surface area contributed by atoms with E-state index < -0.39 is 0 Å². The third-order valence-corrected chi connectivity index (χ3v) is 3.88. The van der Waals surface area contributed by atoms with Crippen LogP contribution in [0.5, 0.6) is 5.75 Å². The molecule has 0 aliphatic rings. The van der Waals surface area contributed by atoms with E-state index in [4.69, 9.17) is 4.74 Å². The molecular weight excluding hydrogens is 462 g/mol. The molecule has 0 spiro atoms. The second-order valence-corrected chi connectivity index (χ2v) is 5.89. The molecule has 1 aromatic heterocycles. The molecule has 0 bridgehead atoms. The van der Waals surface area contributed by atoms with Gasteiger partial charge >= 0.3 is 0 Å². The van der Waals surface area contributed by atoms with E-state index in [-0.39, 0.29) is 35.9 Å². The van der Waals surface area contributed by atoms with Crippen LogP contribution in [0.25, 0.3) is 0 Å². The molecule has 0 amide bonds. The molecule has 1 aromatic carbocycles. The second-order valence-electron chi connectivity index (χ2n) is 5.89. The molecule has 1 atom stereocenters. The number of unbranched alkanes of at least 4 members (excludes halogenated alkanes) is 1. The zero-order valence-corrected chi connectivity index (χ0v) is 18.1. The Morgan fingerprint density at radius 2 is 2.04 bits per heavy atom. The number of halogens is 2. The number of ether oxygens (including phenoxy) is 1. The van der Waals surface area contributed by atoms with E-state index in [9.17, 15) is 4.39 Å². The van der Waals surface area contributed by atoms with E-state index in [0.717, 1.165) is 38.3 Å². The number of aliphatic imine (C=N–C) groups is 1. The van der Waals surface area contributed by atoms with Crippen LogP contribution in [0, 0.1) is 5.82 Å². The number of rotatable bonds is 10. The van der Waals surface area contributed by atoms with Crippen molar-refractivity contribution in [3.63, 3.8) is 0 Å². The van der Waals surface area contributed by atoms with Crippen LogP contribution in [0.4, 0.5) is 4.39 Å². The third kappa shape index (κ3) is 9.03. The summed E-state index contributed by atoms with van der Waals surface area (Å²) in [5, 5.41) is 14.1. The van der Waals surface area contributed by atoms with Gasteiger partial charge in [0.1, 0.15) is 30.3 Å². The molecule has 9 heteroatoms. The van der Waals surface area contributed by atoms with Crippen LogP contribution >= 0.6 is 24.0 Å². The lowest BCUT2D eigenvalue weighted by Gasteiger charge is -2.20. The summed E-state index contributed by atoms with van der Waals surface area (Å²) in [6, 6.07) is 6.20. The number of aryl methyl sites for hydroxylation is 1. The summed E-state index contributed by atoms with van der Waals surface area (Å²) in [4.78, 5) is 4.22. The van der Waals surface area contributed by atoms with Crippen LogP contribution < -0.4 is 15.4 Å². The Kier molecular flexibility index (Phi) is 11.4. The number of aromatic nitrogens is 3. The Bertz CT molecular complexity index is 668. The normalized spacial score (nSPS) is 12.2. The van der Waals surface area contributed by atoms with Crippen LogP contribution in [0.2, 0.25) is 0 Å². The van der Waals surface area contributed by atoms with Crippen LogP contribution in [0.3, 0.4) is 0 Å². The smallest absolute Gasteiger partial charge is 0.191 e. The molecule has 0 aliphatic heterocycles. The van der Waals surface area contributed by atoms with E-state index in [1.165, 1.54) is 12.1 Å². The molecular formula is C18H28FIN6O. The average Bonchev–Trinajstić information content (AvgIpc) is 3.16. The van der Waals surface area contributed by atoms with Gasteiger partial charge in [0.15, 0.2) is 5.96 Å². The first-order valence-electron chi connectivity index (χ1n) is 8.90. The minimum atomic E-state index is -0.297. The second kappa shape index (κ2) is 13.3. The highest BCUT2D eigenvalue weighted by atomic mass is 127. The molecule has 7 nitrogen and oxygen atoms in total. The van der Waals surface area contributed by atoms with Gasteiger partial charge in [0.25, 0.3) is 0 Å². The highest BCUT2D eigenvalue weighted by Crippen LogP contribution is 2.14. The SMILES string of the molecule is CCC(CNC(=NC)NCCCCn1cnnc1)Oc1cccc(F)c1.I. The van der Waals surface area contributed by atoms with Crippen molar-refractivity contribution in [2.45, 2.75) is 38.8 Å². The Balaban J connectivity index is 0.00000364. The topological polar surface area (TPSA) is 76.4 Å². The van der Waals surface area contributed by atoms with Crippen molar-refractivity contribution in [3.8, 4) is 5.75 Å². The lowest BCUT2D eigenvalue weighted by molar-refractivity contribution is 0.199. The number of hydrogen-bond donors (Lipinski definition) is 2.